The summed E-state index contributed by atoms with van der Waals surface area (Å²) in [6, 6.07) is 29.1. The molecule has 8 rings (SSSR count). The lowest BCUT2D eigenvalue weighted by Gasteiger charge is -2.35. The first kappa shape index (κ1) is 41.8. The molecule has 2 aliphatic rings. The van der Waals surface area contributed by atoms with Crippen LogP contribution < -0.4 is 10.6 Å². The van der Waals surface area contributed by atoms with Gasteiger partial charge in [-0.2, -0.15) is 0 Å². The van der Waals surface area contributed by atoms with Gasteiger partial charge in [-0.05, 0) is 83.7 Å². The van der Waals surface area contributed by atoms with Crippen LogP contribution in [0, 0.1) is 5.92 Å². The molecule has 14 nitrogen and oxygen atoms in total. The summed E-state index contributed by atoms with van der Waals surface area (Å²) in [4.78, 5) is 72.3. The first-order valence-electron chi connectivity index (χ1n) is 21.1. The number of methoxy groups -OCH3 is 2. The van der Waals surface area contributed by atoms with Crippen LogP contribution in [0.2, 0.25) is 0 Å². The van der Waals surface area contributed by atoms with Gasteiger partial charge >= 0.3 is 12.2 Å². The highest BCUT2D eigenvalue weighted by Crippen LogP contribution is 2.37. The topological polar surface area (TPSA) is 175 Å². The van der Waals surface area contributed by atoms with Crippen LogP contribution in [0.5, 0.6) is 0 Å². The third-order valence-corrected chi connectivity index (χ3v) is 12.3. The smallest absolute Gasteiger partial charge is 0.407 e. The van der Waals surface area contributed by atoms with Gasteiger partial charge < -0.3 is 39.9 Å². The molecule has 0 unspecified atom stereocenters. The second kappa shape index (κ2) is 17.6. The fourth-order valence-electron chi connectivity index (χ4n) is 8.79. The molecule has 4 N–H and O–H groups in total. The van der Waals surface area contributed by atoms with E-state index >= 15 is 0 Å². The molecule has 0 radical (unpaired) electrons. The third-order valence-electron chi connectivity index (χ3n) is 12.3. The molecule has 0 aliphatic carbocycles. The van der Waals surface area contributed by atoms with Crippen LogP contribution in [-0.2, 0) is 24.6 Å². The van der Waals surface area contributed by atoms with E-state index in [1.807, 2.05) is 55.3 Å². The van der Waals surface area contributed by atoms with E-state index in [4.69, 9.17) is 19.4 Å². The molecule has 4 atom stereocenters. The molecule has 4 amide bonds. The van der Waals surface area contributed by atoms with Gasteiger partial charge in [0.05, 0.1) is 50.1 Å². The molecule has 62 heavy (non-hydrogen) atoms. The molecular weight excluding hydrogens is 785 g/mol. The maximum absolute atomic E-state index is 14.2. The zero-order valence-corrected chi connectivity index (χ0v) is 35.6. The Hall–Kier alpha value is -6.96. The Morgan fingerprint density at radius 1 is 0.694 bits per heavy atom. The number of aromatic amines is 2. The first-order valence-corrected chi connectivity index (χ1v) is 21.1. The summed E-state index contributed by atoms with van der Waals surface area (Å²) < 4.78 is 9.67. The Kier molecular flexibility index (Phi) is 11.8. The molecule has 2 fully saturated rings. The van der Waals surface area contributed by atoms with Crippen molar-refractivity contribution in [3.05, 3.63) is 121 Å². The minimum absolute atomic E-state index is 0.109. The molecule has 4 heterocycles. The maximum atomic E-state index is 14.2. The van der Waals surface area contributed by atoms with Crippen molar-refractivity contribution < 1.29 is 28.7 Å². The molecule has 0 spiro atoms. The quantitative estimate of drug-likeness (QED) is 0.101. The molecule has 320 valence electrons. The highest BCUT2D eigenvalue weighted by molar-refractivity contribution is 5.92. The number of aromatic nitrogens is 4. The molecule has 14 heteroatoms. The van der Waals surface area contributed by atoms with Crippen LogP contribution in [-0.4, -0.2) is 87.1 Å². The number of hydrogen-bond donors (Lipinski definition) is 4. The van der Waals surface area contributed by atoms with Crippen LogP contribution in [0.25, 0.3) is 44.4 Å². The SMILES string of the molecule is COC(=O)N[C@H](C(=O)N1CCC[C@H]1c1ncc(-c2ccc3cc(-c4ccc(-c5cnc([C@@H]6CCCN6C(=O)[C@@](C)(NC(=O)OC)c6ccccc6)[nH]5)cc4)ccc3c2)[nH]1)C(C)C. The van der Waals surface area contributed by atoms with Crippen LogP contribution in [0.4, 0.5) is 9.59 Å². The molecule has 2 aromatic heterocycles. The van der Waals surface area contributed by atoms with E-state index in [1.54, 1.807) is 18.0 Å². The summed E-state index contributed by atoms with van der Waals surface area (Å²) >= 11 is 0. The number of nitrogens with one attached hydrogen (secondary N) is 4. The van der Waals surface area contributed by atoms with Gasteiger partial charge in [0, 0.05) is 18.7 Å². The van der Waals surface area contributed by atoms with Crippen molar-refractivity contribution in [2.75, 3.05) is 27.3 Å². The number of hydrogen-bond acceptors (Lipinski definition) is 8. The number of carbonyl (C=O) groups is 4. The number of carbonyl (C=O) groups excluding carboxylic acids is 4. The lowest BCUT2D eigenvalue weighted by Crippen LogP contribution is -2.55. The predicted molar refractivity (Wildman–Crippen MR) is 235 cm³/mol. The van der Waals surface area contributed by atoms with Gasteiger partial charge in [0.1, 0.15) is 23.2 Å². The van der Waals surface area contributed by atoms with Crippen LogP contribution in [0.1, 0.15) is 75.8 Å². The minimum Gasteiger partial charge on any atom is -0.453 e. The summed E-state index contributed by atoms with van der Waals surface area (Å²) in [5.41, 5.74) is 5.16. The number of rotatable bonds is 11. The van der Waals surface area contributed by atoms with E-state index in [0.717, 1.165) is 75.9 Å². The van der Waals surface area contributed by atoms with Crippen molar-refractivity contribution >= 4 is 34.8 Å². The van der Waals surface area contributed by atoms with Crippen molar-refractivity contribution in [3.8, 4) is 33.6 Å². The second-order valence-electron chi connectivity index (χ2n) is 16.5. The Morgan fingerprint density at radius 2 is 1.23 bits per heavy atom. The summed E-state index contributed by atoms with van der Waals surface area (Å²) in [6.45, 7) is 6.65. The highest BCUT2D eigenvalue weighted by Gasteiger charge is 2.45. The number of likely N-dealkylation sites (tertiary alicyclic amines) is 2. The number of imidazole rings is 2. The van der Waals surface area contributed by atoms with Crippen LogP contribution in [0.15, 0.2) is 103 Å². The number of nitrogens with zero attached hydrogens (tertiary/aromatic N) is 4. The third kappa shape index (κ3) is 8.24. The van der Waals surface area contributed by atoms with E-state index < -0.39 is 23.8 Å². The molecule has 0 saturated carbocycles. The Morgan fingerprint density at radius 3 is 1.84 bits per heavy atom. The van der Waals surface area contributed by atoms with E-state index in [9.17, 15) is 19.2 Å². The Balaban J connectivity index is 0.950. The average molecular weight is 837 g/mol. The van der Waals surface area contributed by atoms with Crippen LogP contribution in [0.3, 0.4) is 0 Å². The van der Waals surface area contributed by atoms with Gasteiger partial charge in [-0.25, -0.2) is 19.6 Å². The van der Waals surface area contributed by atoms with Crippen molar-refractivity contribution in [3.63, 3.8) is 0 Å². The molecule has 4 aromatic carbocycles. The fourth-order valence-corrected chi connectivity index (χ4v) is 8.79. The maximum Gasteiger partial charge on any atom is 0.407 e. The van der Waals surface area contributed by atoms with Gasteiger partial charge in [0.2, 0.25) is 5.91 Å². The van der Waals surface area contributed by atoms with Crippen molar-refractivity contribution in [2.45, 2.75) is 70.1 Å². The highest BCUT2D eigenvalue weighted by atomic mass is 16.5. The number of benzene rings is 4. The Labute approximate surface area is 360 Å². The summed E-state index contributed by atoms with van der Waals surface area (Å²) in [7, 11) is 2.58. The van der Waals surface area contributed by atoms with Crippen molar-refractivity contribution in [1.29, 1.82) is 0 Å². The van der Waals surface area contributed by atoms with Gasteiger partial charge in [-0.1, -0.05) is 92.7 Å². The summed E-state index contributed by atoms with van der Waals surface area (Å²) in [5.74, 6) is 0.948. The number of amides is 4. The van der Waals surface area contributed by atoms with Gasteiger partial charge in [0.25, 0.3) is 5.91 Å². The zero-order valence-electron chi connectivity index (χ0n) is 35.6. The first-order chi connectivity index (χ1) is 30.0. The van der Waals surface area contributed by atoms with Crippen LogP contribution >= 0.6 is 0 Å². The van der Waals surface area contributed by atoms with E-state index in [-0.39, 0.29) is 29.8 Å². The fraction of sp³-hybridized carbons (Fsp3) is 0.333. The van der Waals surface area contributed by atoms with Crippen molar-refractivity contribution in [2.24, 2.45) is 5.92 Å². The van der Waals surface area contributed by atoms with Crippen molar-refractivity contribution in [1.82, 2.24) is 40.4 Å². The van der Waals surface area contributed by atoms with E-state index in [2.05, 4.69) is 81.3 Å². The monoisotopic (exact) mass is 836 g/mol. The molecule has 0 bridgehead atoms. The minimum atomic E-state index is -1.33. The van der Waals surface area contributed by atoms with Gasteiger partial charge in [0.15, 0.2) is 0 Å². The normalized spacial score (nSPS) is 17.8. The molecule has 6 aromatic rings. The average Bonchev–Trinajstić information content (AvgIpc) is 4.15. The lowest BCUT2D eigenvalue weighted by molar-refractivity contribution is -0.139. The van der Waals surface area contributed by atoms with Gasteiger partial charge in [-0.3, -0.25) is 9.59 Å². The van der Waals surface area contributed by atoms with E-state index in [1.165, 1.54) is 14.2 Å². The zero-order chi connectivity index (χ0) is 43.5. The largest absolute Gasteiger partial charge is 0.453 e. The Bertz CT molecular complexity index is 2590. The predicted octanol–water partition coefficient (Wildman–Crippen LogP) is 8.27. The number of ether oxygens (including phenoxy) is 2. The standard InChI is InChI=1S/C48H52N8O6/c1-29(2)41(53-46(59)61-4)44(57)55-23-9-13-39(55)42-50-28-38(52-42)35-22-21-33-25-32(19-20-34(33)26-35)30-15-17-31(18-16-30)37-27-49-43(51-37)40-14-10-24-56(40)45(58)48(3,54-47(60)62-5)36-11-7-6-8-12-36/h6-8,11-12,15-22,25-29,39-41H,9-10,13-14,23-24H2,1-5H3,(H,49,51)(H,50,52)(H,53,59)(H,54,60)/t39-,40-,41-,48-/m0/s1. The van der Waals surface area contributed by atoms with Gasteiger partial charge in [-0.15, -0.1) is 0 Å². The van der Waals surface area contributed by atoms with E-state index in [0.29, 0.717) is 24.5 Å². The summed E-state index contributed by atoms with van der Waals surface area (Å²) in [5, 5.41) is 7.68. The number of alkyl carbamates (subject to hydrolysis) is 2. The second-order valence-corrected chi connectivity index (χ2v) is 16.5. The molecule has 2 aliphatic heterocycles. The molecular formula is C48H52N8O6. The number of H-pyrrole nitrogens is 2. The number of fused-ring (bicyclic) bond motifs is 1. The summed E-state index contributed by atoms with van der Waals surface area (Å²) in [6.07, 6.45) is 5.50. The lowest BCUT2D eigenvalue weighted by atomic mass is 9.90. The molecule has 2 saturated heterocycles.